The van der Waals surface area contributed by atoms with E-state index in [1.165, 1.54) is 0 Å². The number of cyclic esters (lactones) is 1. The third-order valence-electron chi connectivity index (χ3n) is 2.31. The van der Waals surface area contributed by atoms with Crippen LogP contribution in [0.5, 0.6) is 0 Å². The minimum Gasteiger partial charge on any atom is -0.457 e. The van der Waals surface area contributed by atoms with Crippen molar-refractivity contribution in [3.8, 4) is 0 Å². The Hall–Kier alpha value is -0.610. The van der Waals surface area contributed by atoms with Crippen LogP contribution in [0.25, 0.3) is 0 Å². The lowest BCUT2D eigenvalue weighted by atomic mass is 10.0. The van der Waals surface area contributed by atoms with Gasteiger partial charge in [0.15, 0.2) is 6.10 Å². The van der Waals surface area contributed by atoms with Crippen molar-refractivity contribution in [3.63, 3.8) is 0 Å². The molecule has 1 aliphatic rings. The summed E-state index contributed by atoms with van der Waals surface area (Å²) in [6.45, 7) is 2.08. The molecule has 0 spiro atoms. The van der Waals surface area contributed by atoms with Crippen molar-refractivity contribution < 1.29 is 19.7 Å². The maximum absolute atomic E-state index is 10.8. The SMILES string of the molecule is CCCCC[C@H]1OC(=O)[C@H](O)[C@H]1O. The molecule has 4 nitrogen and oxygen atoms in total. The molecule has 1 saturated heterocycles. The number of esters is 1. The molecule has 2 N–H and O–H groups in total. The number of hydrogen-bond donors (Lipinski definition) is 2. The second-order valence-electron chi connectivity index (χ2n) is 3.41. The first-order valence-electron chi connectivity index (χ1n) is 4.73. The zero-order valence-electron chi connectivity index (χ0n) is 7.77. The minimum absolute atomic E-state index is 0.506. The third-order valence-corrected chi connectivity index (χ3v) is 2.31. The summed E-state index contributed by atoms with van der Waals surface area (Å²) in [5, 5.41) is 18.4. The van der Waals surface area contributed by atoms with Crippen LogP contribution in [0.1, 0.15) is 32.6 Å². The average Bonchev–Trinajstić information content (AvgIpc) is 2.34. The van der Waals surface area contributed by atoms with E-state index in [0.29, 0.717) is 6.42 Å². The molecular weight excluding hydrogens is 172 g/mol. The Kier molecular flexibility index (Phi) is 3.69. The number of carbonyl (C=O) groups excluding carboxylic acids is 1. The van der Waals surface area contributed by atoms with E-state index < -0.39 is 24.3 Å². The van der Waals surface area contributed by atoms with Crippen molar-refractivity contribution in [3.05, 3.63) is 0 Å². The molecule has 1 heterocycles. The lowest BCUT2D eigenvalue weighted by Gasteiger charge is -2.12. The van der Waals surface area contributed by atoms with Crippen LogP contribution in [0.15, 0.2) is 0 Å². The van der Waals surface area contributed by atoms with Crippen molar-refractivity contribution in [1.29, 1.82) is 0 Å². The monoisotopic (exact) mass is 188 g/mol. The Labute approximate surface area is 77.5 Å². The first-order valence-corrected chi connectivity index (χ1v) is 4.73. The number of ether oxygens (including phenoxy) is 1. The molecule has 0 aromatic carbocycles. The van der Waals surface area contributed by atoms with E-state index in [1.54, 1.807) is 0 Å². The van der Waals surface area contributed by atoms with Gasteiger partial charge in [-0.3, -0.25) is 0 Å². The molecule has 4 heteroatoms. The third kappa shape index (κ3) is 2.42. The van der Waals surface area contributed by atoms with E-state index in [9.17, 15) is 9.90 Å². The predicted octanol–water partition coefficient (Wildman–Crippen LogP) is 0.214. The summed E-state index contributed by atoms with van der Waals surface area (Å²) in [5.41, 5.74) is 0. The first-order chi connectivity index (χ1) is 6.16. The molecule has 0 bridgehead atoms. The molecular formula is C9H16O4. The molecule has 0 saturated carbocycles. The number of rotatable bonds is 4. The van der Waals surface area contributed by atoms with Crippen LogP contribution in [-0.2, 0) is 9.53 Å². The number of aliphatic hydroxyl groups is 2. The Morgan fingerprint density at radius 3 is 2.54 bits per heavy atom. The van der Waals surface area contributed by atoms with Crippen molar-refractivity contribution in [1.82, 2.24) is 0 Å². The summed E-state index contributed by atoms with van der Waals surface area (Å²) in [6.07, 6.45) is 0.802. The van der Waals surface area contributed by atoms with Gasteiger partial charge in [0.25, 0.3) is 0 Å². The van der Waals surface area contributed by atoms with Crippen molar-refractivity contribution in [2.24, 2.45) is 0 Å². The molecule has 0 radical (unpaired) electrons. The molecule has 0 aromatic rings. The maximum Gasteiger partial charge on any atom is 0.338 e. The van der Waals surface area contributed by atoms with Crippen LogP contribution < -0.4 is 0 Å². The Morgan fingerprint density at radius 2 is 2.08 bits per heavy atom. The highest BCUT2D eigenvalue weighted by Gasteiger charge is 2.41. The fourth-order valence-corrected chi connectivity index (χ4v) is 1.46. The van der Waals surface area contributed by atoms with Crippen LogP contribution >= 0.6 is 0 Å². The maximum atomic E-state index is 10.8. The zero-order valence-corrected chi connectivity index (χ0v) is 7.77. The summed E-state index contributed by atoms with van der Waals surface area (Å²) < 4.78 is 4.79. The van der Waals surface area contributed by atoms with Gasteiger partial charge in [-0.15, -0.1) is 0 Å². The van der Waals surface area contributed by atoms with Crippen LogP contribution in [0.4, 0.5) is 0 Å². The standard InChI is InChI=1S/C9H16O4/c1-2-3-4-5-6-7(10)8(11)9(12)13-6/h6-8,10-11H,2-5H2,1H3/t6-,7+,8-/m1/s1. The fraction of sp³-hybridized carbons (Fsp3) is 0.889. The topological polar surface area (TPSA) is 66.8 Å². The summed E-state index contributed by atoms with van der Waals surface area (Å²) in [5.74, 6) is -0.700. The quantitative estimate of drug-likeness (QED) is 0.489. The Morgan fingerprint density at radius 1 is 1.38 bits per heavy atom. The number of carbonyl (C=O) groups is 1. The molecule has 1 fully saturated rings. The van der Waals surface area contributed by atoms with Gasteiger partial charge < -0.3 is 14.9 Å². The van der Waals surface area contributed by atoms with E-state index >= 15 is 0 Å². The van der Waals surface area contributed by atoms with Gasteiger partial charge in [0.1, 0.15) is 12.2 Å². The molecule has 1 aliphatic heterocycles. The molecule has 13 heavy (non-hydrogen) atoms. The highest BCUT2D eigenvalue weighted by atomic mass is 16.6. The van der Waals surface area contributed by atoms with Crippen molar-refractivity contribution in [2.75, 3.05) is 0 Å². The van der Waals surface area contributed by atoms with Gasteiger partial charge in [0.05, 0.1) is 0 Å². The van der Waals surface area contributed by atoms with E-state index in [1.807, 2.05) is 0 Å². The van der Waals surface area contributed by atoms with Crippen LogP contribution in [0, 0.1) is 0 Å². The molecule has 0 unspecified atom stereocenters. The van der Waals surface area contributed by atoms with E-state index in [0.717, 1.165) is 19.3 Å². The molecule has 0 amide bonds. The number of unbranched alkanes of at least 4 members (excludes halogenated alkanes) is 2. The van der Waals surface area contributed by atoms with E-state index in [2.05, 4.69) is 6.92 Å². The molecule has 76 valence electrons. The Bertz CT molecular complexity index is 180. The fourth-order valence-electron chi connectivity index (χ4n) is 1.46. The molecule has 3 atom stereocenters. The average molecular weight is 188 g/mol. The second kappa shape index (κ2) is 4.58. The van der Waals surface area contributed by atoms with Crippen molar-refractivity contribution >= 4 is 5.97 Å². The Balaban J connectivity index is 2.31. The summed E-state index contributed by atoms with van der Waals surface area (Å²) in [6, 6.07) is 0. The molecule has 1 rings (SSSR count). The minimum atomic E-state index is -1.34. The smallest absolute Gasteiger partial charge is 0.338 e. The van der Waals surface area contributed by atoms with Crippen LogP contribution in [0.2, 0.25) is 0 Å². The summed E-state index contributed by atoms with van der Waals surface area (Å²) in [7, 11) is 0. The highest BCUT2D eigenvalue weighted by molar-refractivity contribution is 5.77. The largest absolute Gasteiger partial charge is 0.457 e. The highest BCUT2D eigenvalue weighted by Crippen LogP contribution is 2.20. The van der Waals surface area contributed by atoms with Gasteiger partial charge in [-0.25, -0.2) is 4.79 Å². The van der Waals surface area contributed by atoms with E-state index in [-0.39, 0.29) is 0 Å². The van der Waals surface area contributed by atoms with Gasteiger partial charge in [-0.1, -0.05) is 19.8 Å². The normalized spacial score (nSPS) is 33.5. The molecule has 0 aliphatic carbocycles. The second-order valence-corrected chi connectivity index (χ2v) is 3.41. The van der Waals surface area contributed by atoms with Crippen LogP contribution in [0.3, 0.4) is 0 Å². The number of hydrogen-bond acceptors (Lipinski definition) is 4. The van der Waals surface area contributed by atoms with Gasteiger partial charge >= 0.3 is 5.97 Å². The first kappa shape index (κ1) is 10.5. The zero-order chi connectivity index (χ0) is 9.84. The van der Waals surface area contributed by atoms with Gasteiger partial charge in [0.2, 0.25) is 0 Å². The van der Waals surface area contributed by atoms with Gasteiger partial charge in [-0.2, -0.15) is 0 Å². The van der Waals surface area contributed by atoms with E-state index in [4.69, 9.17) is 9.84 Å². The van der Waals surface area contributed by atoms with Gasteiger partial charge in [-0.05, 0) is 12.8 Å². The lowest BCUT2D eigenvalue weighted by Crippen LogP contribution is -2.30. The lowest BCUT2D eigenvalue weighted by molar-refractivity contribution is -0.147. The van der Waals surface area contributed by atoms with Crippen molar-refractivity contribution in [2.45, 2.75) is 50.9 Å². The van der Waals surface area contributed by atoms with Gasteiger partial charge in [0, 0.05) is 0 Å². The predicted molar refractivity (Wildman–Crippen MR) is 46.0 cm³/mol. The molecule has 0 aromatic heterocycles. The number of aliphatic hydroxyl groups excluding tert-OH is 2. The summed E-state index contributed by atoms with van der Waals surface area (Å²) >= 11 is 0. The van der Waals surface area contributed by atoms with Crippen LogP contribution in [-0.4, -0.2) is 34.5 Å². The summed E-state index contributed by atoms with van der Waals surface area (Å²) in [4.78, 5) is 10.8.